The average molecular weight is 415 g/mol. The van der Waals surface area contributed by atoms with Gasteiger partial charge in [0.1, 0.15) is 0 Å². The van der Waals surface area contributed by atoms with Crippen LogP contribution in [-0.4, -0.2) is 35.3 Å². The first-order chi connectivity index (χ1) is 13.7. The molecule has 4 aliphatic rings. The lowest BCUT2D eigenvalue weighted by molar-refractivity contribution is -0.157. The van der Waals surface area contributed by atoms with Crippen molar-refractivity contribution in [2.75, 3.05) is 7.05 Å². The molecule has 4 nitrogen and oxygen atoms in total. The van der Waals surface area contributed by atoms with Crippen LogP contribution in [0.4, 0.5) is 0 Å². The van der Waals surface area contributed by atoms with Gasteiger partial charge < -0.3 is 10.2 Å². The summed E-state index contributed by atoms with van der Waals surface area (Å²) in [6.07, 6.45) is 9.52. The van der Waals surface area contributed by atoms with E-state index in [0.717, 1.165) is 32.1 Å². The van der Waals surface area contributed by atoms with E-state index in [9.17, 15) is 9.59 Å². The quantitative estimate of drug-likeness (QED) is 0.670. The maximum Gasteiger partial charge on any atom is 0.246 e. The number of likely N-dealkylation sites (N-methyl/N-ethyl adjacent to an activating group) is 1. The molecule has 0 bridgehead atoms. The molecule has 0 saturated heterocycles. The van der Waals surface area contributed by atoms with Crippen molar-refractivity contribution in [3.8, 4) is 0 Å². The van der Waals surface area contributed by atoms with Crippen LogP contribution in [0.2, 0.25) is 0 Å². The van der Waals surface area contributed by atoms with Crippen molar-refractivity contribution in [2.24, 2.45) is 39.9 Å². The minimum Gasteiger partial charge on any atom is -0.351 e. The number of carbonyl (C=O) groups is 2. The fraction of sp³-hybridized carbons (Fsp3) is 0.846. The smallest absolute Gasteiger partial charge is 0.246 e. The minimum atomic E-state index is -0.303. The number of amides is 2. The highest BCUT2D eigenvalue weighted by Crippen LogP contribution is 2.70. The van der Waals surface area contributed by atoms with Gasteiger partial charge in [-0.05, 0) is 88.0 Å². The first kappa shape index (κ1) is 21.9. The first-order valence-electron chi connectivity index (χ1n) is 12.0. The highest BCUT2D eigenvalue weighted by Gasteiger charge is 2.66. The summed E-state index contributed by atoms with van der Waals surface area (Å²) in [4.78, 5) is 27.8. The van der Waals surface area contributed by atoms with Crippen molar-refractivity contribution in [1.29, 1.82) is 0 Å². The van der Waals surface area contributed by atoms with E-state index in [1.165, 1.54) is 0 Å². The Kier molecular flexibility index (Phi) is 4.81. The summed E-state index contributed by atoms with van der Waals surface area (Å²) >= 11 is 0. The molecule has 0 aromatic rings. The number of fused-ring (bicyclic) bond motifs is 5. The maximum atomic E-state index is 13.5. The van der Waals surface area contributed by atoms with Crippen molar-refractivity contribution in [3.05, 3.63) is 12.2 Å². The molecule has 30 heavy (non-hydrogen) atoms. The number of carbonyl (C=O) groups excluding carboxylic acids is 2. The van der Waals surface area contributed by atoms with E-state index in [0.29, 0.717) is 29.7 Å². The fourth-order valence-corrected chi connectivity index (χ4v) is 8.18. The molecule has 2 amide bonds. The Morgan fingerprint density at radius 2 is 1.77 bits per heavy atom. The van der Waals surface area contributed by atoms with Crippen LogP contribution in [0.1, 0.15) is 80.6 Å². The third-order valence-electron chi connectivity index (χ3n) is 10.1. The molecule has 1 heterocycles. The van der Waals surface area contributed by atoms with E-state index in [1.807, 2.05) is 18.0 Å². The molecule has 3 aliphatic carbocycles. The Labute approximate surface area is 183 Å². The molecular weight excluding hydrogens is 372 g/mol. The lowest BCUT2D eigenvalue weighted by Crippen LogP contribution is -2.63. The number of hydrogen-bond donors (Lipinski definition) is 1. The first-order valence-corrected chi connectivity index (χ1v) is 12.0. The zero-order valence-corrected chi connectivity index (χ0v) is 20.3. The summed E-state index contributed by atoms with van der Waals surface area (Å²) in [5.74, 6) is 2.76. The van der Waals surface area contributed by atoms with Crippen LogP contribution in [-0.2, 0) is 9.59 Å². The summed E-state index contributed by atoms with van der Waals surface area (Å²) in [5.41, 5.74) is -0.411. The molecule has 4 heteroatoms. The van der Waals surface area contributed by atoms with Crippen LogP contribution in [0.15, 0.2) is 12.2 Å². The SMILES string of the molecule is C[C@H]1C[C@H]2N(C)C(=O)C=C[C@]2(C)C2CC[C@@]3(C)C(CC[C@]3(C)C(=O)NC(C)(C)C)C21. The molecule has 3 fully saturated rings. The van der Waals surface area contributed by atoms with E-state index in [4.69, 9.17) is 0 Å². The topological polar surface area (TPSA) is 49.4 Å². The van der Waals surface area contributed by atoms with Crippen LogP contribution in [0.25, 0.3) is 0 Å². The second kappa shape index (κ2) is 6.59. The van der Waals surface area contributed by atoms with Crippen molar-refractivity contribution < 1.29 is 9.59 Å². The number of nitrogens with one attached hydrogen (secondary N) is 1. The number of rotatable bonds is 1. The third kappa shape index (κ3) is 2.84. The van der Waals surface area contributed by atoms with Crippen molar-refractivity contribution >= 4 is 11.8 Å². The Hall–Kier alpha value is -1.32. The summed E-state index contributed by atoms with van der Waals surface area (Å²) in [6, 6.07) is 0.299. The van der Waals surface area contributed by atoms with Crippen LogP contribution in [0, 0.1) is 39.9 Å². The maximum absolute atomic E-state index is 13.5. The van der Waals surface area contributed by atoms with E-state index in [2.05, 4.69) is 59.9 Å². The van der Waals surface area contributed by atoms with Gasteiger partial charge in [-0.3, -0.25) is 9.59 Å². The minimum absolute atomic E-state index is 0.0427. The molecule has 1 aliphatic heterocycles. The van der Waals surface area contributed by atoms with Gasteiger partial charge in [0.25, 0.3) is 0 Å². The van der Waals surface area contributed by atoms with Gasteiger partial charge in [-0.25, -0.2) is 0 Å². The largest absolute Gasteiger partial charge is 0.351 e. The predicted molar refractivity (Wildman–Crippen MR) is 121 cm³/mol. The molecule has 0 aromatic heterocycles. The average Bonchev–Trinajstić information content (AvgIpc) is 2.92. The molecule has 1 N–H and O–H groups in total. The number of nitrogens with zero attached hydrogens (tertiary/aromatic N) is 1. The van der Waals surface area contributed by atoms with E-state index in [1.54, 1.807) is 0 Å². The van der Waals surface area contributed by atoms with Gasteiger partial charge in [0.15, 0.2) is 0 Å². The van der Waals surface area contributed by atoms with E-state index < -0.39 is 0 Å². The fourth-order valence-electron chi connectivity index (χ4n) is 8.18. The Bertz CT molecular complexity index is 782. The molecule has 168 valence electrons. The molecule has 8 atom stereocenters. The highest BCUT2D eigenvalue weighted by atomic mass is 16.2. The Morgan fingerprint density at radius 1 is 1.13 bits per heavy atom. The van der Waals surface area contributed by atoms with Gasteiger partial charge in [-0.1, -0.05) is 33.8 Å². The van der Waals surface area contributed by atoms with Crippen molar-refractivity contribution in [3.63, 3.8) is 0 Å². The summed E-state index contributed by atoms with van der Waals surface area (Å²) in [6.45, 7) is 15.7. The summed E-state index contributed by atoms with van der Waals surface area (Å²) in [5, 5.41) is 3.31. The van der Waals surface area contributed by atoms with Crippen molar-refractivity contribution in [2.45, 2.75) is 92.2 Å². The van der Waals surface area contributed by atoms with Crippen LogP contribution < -0.4 is 5.32 Å². The second-order valence-corrected chi connectivity index (χ2v) is 12.7. The number of hydrogen-bond acceptors (Lipinski definition) is 2. The third-order valence-corrected chi connectivity index (χ3v) is 10.1. The van der Waals surface area contributed by atoms with Gasteiger partial charge in [-0.15, -0.1) is 0 Å². The molecule has 0 spiro atoms. The zero-order chi connectivity index (χ0) is 22.3. The van der Waals surface area contributed by atoms with Gasteiger partial charge in [-0.2, -0.15) is 0 Å². The van der Waals surface area contributed by atoms with Gasteiger partial charge in [0, 0.05) is 24.0 Å². The second-order valence-electron chi connectivity index (χ2n) is 12.7. The van der Waals surface area contributed by atoms with Gasteiger partial charge in [0.05, 0.1) is 5.41 Å². The van der Waals surface area contributed by atoms with E-state index in [-0.39, 0.29) is 33.6 Å². The molecule has 3 saturated carbocycles. The summed E-state index contributed by atoms with van der Waals surface area (Å²) in [7, 11) is 1.98. The Balaban J connectivity index is 1.68. The normalized spacial score (nSPS) is 48.1. The zero-order valence-electron chi connectivity index (χ0n) is 20.3. The van der Waals surface area contributed by atoms with E-state index >= 15 is 0 Å². The molecule has 0 radical (unpaired) electrons. The predicted octanol–water partition coefficient (Wildman–Crippen LogP) is 4.79. The van der Waals surface area contributed by atoms with Gasteiger partial charge >= 0.3 is 0 Å². The van der Waals surface area contributed by atoms with Crippen molar-refractivity contribution in [1.82, 2.24) is 10.2 Å². The Morgan fingerprint density at radius 3 is 2.40 bits per heavy atom. The monoisotopic (exact) mass is 414 g/mol. The highest BCUT2D eigenvalue weighted by molar-refractivity contribution is 5.89. The van der Waals surface area contributed by atoms with Crippen LogP contribution in [0.5, 0.6) is 0 Å². The van der Waals surface area contributed by atoms with Gasteiger partial charge in [0.2, 0.25) is 11.8 Å². The lowest BCUT2D eigenvalue weighted by atomic mass is 9.44. The summed E-state index contributed by atoms with van der Waals surface area (Å²) < 4.78 is 0. The lowest BCUT2D eigenvalue weighted by Gasteiger charge is -2.63. The molecule has 3 unspecified atom stereocenters. The molecule has 0 aromatic carbocycles. The molecule has 4 rings (SSSR count). The van der Waals surface area contributed by atoms with Crippen LogP contribution in [0.3, 0.4) is 0 Å². The standard InChI is InChI=1S/C26H42N2O2/c1-16-15-19-24(5,12-11-20(29)28(19)8)17-9-13-25(6)18(21(16)17)10-14-26(25,7)22(30)27-23(2,3)4/h11-12,16-19,21H,9-10,13-15H2,1-8H3,(H,27,30)/t16-,17?,18?,19+,21?,24+,25-,26+/m0/s1. The van der Waals surface area contributed by atoms with Crippen LogP contribution >= 0.6 is 0 Å². The molecular formula is C26H42N2O2.